The Bertz CT molecular complexity index is 523. The van der Waals surface area contributed by atoms with Gasteiger partial charge in [-0.1, -0.05) is 13.0 Å². The molecule has 3 unspecified atom stereocenters. The zero-order chi connectivity index (χ0) is 14.8. The van der Waals surface area contributed by atoms with Crippen molar-refractivity contribution in [3.63, 3.8) is 0 Å². The lowest BCUT2D eigenvalue weighted by Gasteiger charge is -2.28. The molecule has 20 heavy (non-hydrogen) atoms. The fourth-order valence-corrected chi connectivity index (χ4v) is 3.08. The molecule has 1 fully saturated rings. The average Bonchev–Trinajstić information content (AvgIpc) is 2.88. The summed E-state index contributed by atoms with van der Waals surface area (Å²) in [7, 11) is 3.13. The Hall–Kier alpha value is -1.73. The summed E-state index contributed by atoms with van der Waals surface area (Å²) in [5, 5.41) is 20.2. The van der Waals surface area contributed by atoms with Crippen molar-refractivity contribution < 1.29 is 14.6 Å². The second-order valence-corrected chi connectivity index (χ2v) is 5.63. The summed E-state index contributed by atoms with van der Waals surface area (Å²) < 4.78 is 10.5. The van der Waals surface area contributed by atoms with Crippen LogP contribution in [0.4, 0.5) is 0 Å². The van der Waals surface area contributed by atoms with E-state index in [1.165, 1.54) is 0 Å². The number of rotatable bonds is 4. The van der Waals surface area contributed by atoms with Gasteiger partial charge in [0.25, 0.3) is 0 Å². The molecule has 0 radical (unpaired) electrons. The van der Waals surface area contributed by atoms with E-state index >= 15 is 0 Å². The van der Waals surface area contributed by atoms with Crippen molar-refractivity contribution in [1.29, 1.82) is 5.26 Å². The first kappa shape index (κ1) is 14.7. The molecule has 1 aromatic carbocycles. The van der Waals surface area contributed by atoms with Crippen molar-refractivity contribution in [1.82, 2.24) is 0 Å². The Morgan fingerprint density at radius 2 is 2.05 bits per heavy atom. The molecule has 0 spiro atoms. The summed E-state index contributed by atoms with van der Waals surface area (Å²) >= 11 is 0. The number of hydrogen-bond acceptors (Lipinski definition) is 4. The second-order valence-electron chi connectivity index (χ2n) is 5.63. The summed E-state index contributed by atoms with van der Waals surface area (Å²) in [6.45, 7) is 2.13. The topological polar surface area (TPSA) is 62.5 Å². The van der Waals surface area contributed by atoms with Gasteiger partial charge in [-0.15, -0.1) is 0 Å². The first-order valence-corrected chi connectivity index (χ1v) is 6.87. The minimum absolute atomic E-state index is 0.476. The quantitative estimate of drug-likeness (QED) is 0.917. The number of benzene rings is 1. The molecule has 1 aromatic rings. The van der Waals surface area contributed by atoms with E-state index < -0.39 is 11.5 Å². The highest BCUT2D eigenvalue weighted by molar-refractivity contribution is 5.44. The lowest BCUT2D eigenvalue weighted by Crippen LogP contribution is -2.24. The number of aliphatic hydroxyl groups is 1. The molecule has 0 heterocycles. The molecule has 0 bridgehead atoms. The first-order chi connectivity index (χ1) is 9.56. The average molecular weight is 275 g/mol. The zero-order valence-electron chi connectivity index (χ0n) is 12.2. The fourth-order valence-electron chi connectivity index (χ4n) is 3.08. The third-order valence-corrected chi connectivity index (χ3v) is 4.27. The van der Waals surface area contributed by atoms with Crippen LogP contribution in [0.1, 0.15) is 37.9 Å². The van der Waals surface area contributed by atoms with E-state index in [0.29, 0.717) is 23.0 Å². The maximum absolute atomic E-state index is 10.7. The van der Waals surface area contributed by atoms with Crippen molar-refractivity contribution in [2.24, 2.45) is 11.3 Å². The van der Waals surface area contributed by atoms with Gasteiger partial charge in [-0.25, -0.2) is 0 Å². The molecular weight excluding hydrogens is 254 g/mol. The molecule has 0 saturated heterocycles. The summed E-state index contributed by atoms with van der Waals surface area (Å²) in [5.74, 6) is 1.67. The van der Waals surface area contributed by atoms with Gasteiger partial charge in [-0.05, 0) is 42.9 Å². The maximum Gasteiger partial charge on any atom is 0.161 e. The third-order valence-electron chi connectivity index (χ3n) is 4.27. The summed E-state index contributed by atoms with van der Waals surface area (Å²) in [6.07, 6.45) is 1.66. The predicted molar refractivity (Wildman–Crippen MR) is 75.6 cm³/mol. The van der Waals surface area contributed by atoms with E-state index in [-0.39, 0.29) is 0 Å². The highest BCUT2D eigenvalue weighted by atomic mass is 16.5. The molecule has 2 rings (SSSR count). The second kappa shape index (κ2) is 5.72. The first-order valence-electron chi connectivity index (χ1n) is 6.87. The molecule has 3 atom stereocenters. The minimum atomic E-state index is -0.794. The van der Waals surface area contributed by atoms with Crippen LogP contribution in [0.25, 0.3) is 0 Å². The molecule has 4 heteroatoms. The third kappa shape index (κ3) is 2.46. The Morgan fingerprint density at radius 3 is 2.55 bits per heavy atom. The Morgan fingerprint density at radius 1 is 1.35 bits per heavy atom. The van der Waals surface area contributed by atoms with Crippen LogP contribution in [0.2, 0.25) is 0 Å². The van der Waals surface area contributed by atoms with Gasteiger partial charge in [0.2, 0.25) is 0 Å². The van der Waals surface area contributed by atoms with Crippen LogP contribution in [-0.2, 0) is 0 Å². The Balaban J connectivity index is 2.33. The standard InChI is InChI=1S/C16H21NO3/c1-11-6-7-16(9-11,10-17)15(18)12-4-5-13(19-2)14(8-12)20-3/h4-5,8,11,15,18H,6-7,9H2,1-3H3. The van der Waals surface area contributed by atoms with Crippen LogP contribution in [0.3, 0.4) is 0 Å². The zero-order valence-corrected chi connectivity index (χ0v) is 12.2. The van der Waals surface area contributed by atoms with Crippen molar-refractivity contribution in [2.45, 2.75) is 32.3 Å². The predicted octanol–water partition coefficient (Wildman–Crippen LogP) is 3.07. The van der Waals surface area contributed by atoms with E-state index in [2.05, 4.69) is 13.0 Å². The van der Waals surface area contributed by atoms with Crippen molar-refractivity contribution >= 4 is 0 Å². The van der Waals surface area contributed by atoms with Gasteiger partial charge >= 0.3 is 0 Å². The highest BCUT2D eigenvalue weighted by Gasteiger charge is 2.44. The molecule has 1 aliphatic carbocycles. The maximum atomic E-state index is 10.7. The van der Waals surface area contributed by atoms with Gasteiger partial charge in [-0.2, -0.15) is 5.26 Å². The largest absolute Gasteiger partial charge is 0.493 e. The molecule has 1 saturated carbocycles. The van der Waals surface area contributed by atoms with E-state index in [1.54, 1.807) is 32.4 Å². The Labute approximate surface area is 119 Å². The van der Waals surface area contributed by atoms with Crippen LogP contribution < -0.4 is 9.47 Å². The van der Waals surface area contributed by atoms with E-state index in [0.717, 1.165) is 19.3 Å². The number of ether oxygens (including phenoxy) is 2. The molecule has 1 N–H and O–H groups in total. The molecule has 0 amide bonds. The van der Waals surface area contributed by atoms with Gasteiger partial charge in [0, 0.05) is 0 Å². The van der Waals surface area contributed by atoms with Crippen LogP contribution >= 0.6 is 0 Å². The van der Waals surface area contributed by atoms with Crippen LogP contribution in [-0.4, -0.2) is 19.3 Å². The van der Waals surface area contributed by atoms with Gasteiger partial charge in [0.1, 0.15) is 0 Å². The van der Waals surface area contributed by atoms with Crippen LogP contribution in [0.5, 0.6) is 11.5 Å². The lowest BCUT2D eigenvalue weighted by atomic mass is 9.78. The number of hydrogen-bond donors (Lipinski definition) is 1. The molecular formula is C16H21NO3. The van der Waals surface area contributed by atoms with E-state index in [4.69, 9.17) is 9.47 Å². The van der Waals surface area contributed by atoms with E-state index in [9.17, 15) is 10.4 Å². The van der Waals surface area contributed by atoms with Crippen molar-refractivity contribution in [2.75, 3.05) is 14.2 Å². The summed E-state index contributed by atoms with van der Waals surface area (Å²) in [4.78, 5) is 0. The van der Waals surface area contributed by atoms with Gasteiger partial charge in [0.05, 0.1) is 31.8 Å². The van der Waals surface area contributed by atoms with Crippen molar-refractivity contribution in [3.05, 3.63) is 23.8 Å². The Kier molecular flexibility index (Phi) is 4.20. The summed E-state index contributed by atoms with van der Waals surface area (Å²) in [6, 6.07) is 7.67. The molecule has 1 aliphatic rings. The fraction of sp³-hybridized carbons (Fsp3) is 0.562. The highest BCUT2D eigenvalue weighted by Crippen LogP contribution is 2.50. The van der Waals surface area contributed by atoms with Crippen molar-refractivity contribution in [3.8, 4) is 17.6 Å². The number of nitriles is 1. The normalized spacial score (nSPS) is 26.9. The molecule has 0 aliphatic heterocycles. The summed E-state index contributed by atoms with van der Waals surface area (Å²) in [5.41, 5.74) is 0.0252. The molecule has 0 aromatic heterocycles. The van der Waals surface area contributed by atoms with Gasteiger partial charge in [-0.3, -0.25) is 0 Å². The monoisotopic (exact) mass is 275 g/mol. The van der Waals surface area contributed by atoms with Gasteiger partial charge in [0.15, 0.2) is 11.5 Å². The number of nitrogens with zero attached hydrogens (tertiary/aromatic N) is 1. The molecule has 108 valence electrons. The molecule has 4 nitrogen and oxygen atoms in total. The number of methoxy groups -OCH3 is 2. The number of aliphatic hydroxyl groups excluding tert-OH is 1. The van der Waals surface area contributed by atoms with Gasteiger partial charge < -0.3 is 14.6 Å². The van der Waals surface area contributed by atoms with E-state index in [1.807, 2.05) is 0 Å². The van der Waals surface area contributed by atoms with Crippen LogP contribution in [0, 0.1) is 22.7 Å². The van der Waals surface area contributed by atoms with Crippen LogP contribution in [0.15, 0.2) is 18.2 Å². The SMILES string of the molecule is COc1ccc(C(O)C2(C#N)CCC(C)C2)cc1OC. The smallest absolute Gasteiger partial charge is 0.161 e. The lowest BCUT2D eigenvalue weighted by molar-refractivity contribution is 0.0644. The minimum Gasteiger partial charge on any atom is -0.493 e.